The molecule has 0 spiro atoms. The number of hydrogen-bond donors (Lipinski definition) is 2. The predicted octanol–water partition coefficient (Wildman–Crippen LogP) is 1.57. The van der Waals surface area contributed by atoms with Gasteiger partial charge in [0.2, 0.25) is 0 Å². The van der Waals surface area contributed by atoms with Crippen LogP contribution in [0.4, 0.5) is 17.6 Å². The molecule has 0 amide bonds. The second-order valence-corrected chi connectivity index (χ2v) is 2.99. The molecule has 1 rings (SSSR count). The number of halogens is 4. The highest BCUT2D eigenvalue weighted by Crippen LogP contribution is 2.24. The van der Waals surface area contributed by atoms with Gasteiger partial charge >= 0.3 is 11.9 Å². The number of rotatable bonds is 3. The molecule has 0 aliphatic heterocycles. The normalized spacial score (nSPS) is 10.4. The van der Waals surface area contributed by atoms with E-state index in [0.717, 1.165) is 0 Å². The molecular weight excluding hydrogens is 248 g/mol. The van der Waals surface area contributed by atoms with Gasteiger partial charge in [0.1, 0.15) is 5.56 Å². The van der Waals surface area contributed by atoms with E-state index in [1.54, 1.807) is 0 Å². The highest BCUT2D eigenvalue weighted by atomic mass is 19.2. The molecule has 0 unspecified atom stereocenters. The molecule has 0 bridgehead atoms. The first-order valence-electron chi connectivity index (χ1n) is 4.07. The molecule has 0 radical (unpaired) electrons. The van der Waals surface area contributed by atoms with Crippen molar-refractivity contribution in [3.63, 3.8) is 0 Å². The maximum absolute atomic E-state index is 13.1. The van der Waals surface area contributed by atoms with Gasteiger partial charge in [0, 0.05) is 5.56 Å². The zero-order valence-corrected chi connectivity index (χ0v) is 7.93. The summed E-state index contributed by atoms with van der Waals surface area (Å²) in [6, 6.07) is 0. The lowest BCUT2D eigenvalue weighted by atomic mass is 10.1. The Balaban J connectivity index is 3.58. The first kappa shape index (κ1) is 12.9. The van der Waals surface area contributed by atoms with E-state index in [9.17, 15) is 27.2 Å². The quantitative estimate of drug-likeness (QED) is 0.632. The van der Waals surface area contributed by atoms with Crippen molar-refractivity contribution in [2.75, 3.05) is 0 Å². The molecule has 1 aromatic carbocycles. The van der Waals surface area contributed by atoms with Crippen LogP contribution in [-0.2, 0) is 11.2 Å². The van der Waals surface area contributed by atoms with Gasteiger partial charge < -0.3 is 10.2 Å². The Morgan fingerprint density at radius 2 is 1.29 bits per heavy atom. The van der Waals surface area contributed by atoms with Crippen LogP contribution in [0.5, 0.6) is 0 Å². The fraction of sp³-hybridized carbons (Fsp3) is 0.111. The predicted molar refractivity (Wildman–Crippen MR) is 44.6 cm³/mol. The second kappa shape index (κ2) is 4.40. The van der Waals surface area contributed by atoms with Crippen LogP contribution in [0.25, 0.3) is 0 Å². The van der Waals surface area contributed by atoms with E-state index in [1.165, 1.54) is 0 Å². The van der Waals surface area contributed by atoms with Crippen molar-refractivity contribution in [3.05, 3.63) is 34.4 Å². The van der Waals surface area contributed by atoms with E-state index in [2.05, 4.69) is 0 Å². The molecule has 8 heteroatoms. The summed E-state index contributed by atoms with van der Waals surface area (Å²) in [5.74, 6) is -12.2. The van der Waals surface area contributed by atoms with Gasteiger partial charge in [-0.1, -0.05) is 0 Å². The van der Waals surface area contributed by atoms with Crippen molar-refractivity contribution in [2.24, 2.45) is 0 Å². The molecular formula is C9H4F4O4. The monoisotopic (exact) mass is 252 g/mol. The van der Waals surface area contributed by atoms with Crippen molar-refractivity contribution in [1.29, 1.82) is 0 Å². The van der Waals surface area contributed by atoms with Crippen LogP contribution in [0.2, 0.25) is 0 Å². The van der Waals surface area contributed by atoms with Crippen molar-refractivity contribution >= 4 is 11.9 Å². The minimum atomic E-state index is -2.19. The van der Waals surface area contributed by atoms with Crippen molar-refractivity contribution < 1.29 is 37.4 Å². The smallest absolute Gasteiger partial charge is 0.341 e. The Labute approximate surface area is 91.1 Å². The molecule has 0 aliphatic rings. The number of carboxylic acid groups (broad SMARTS) is 2. The van der Waals surface area contributed by atoms with Crippen LogP contribution in [0.1, 0.15) is 15.9 Å². The summed E-state index contributed by atoms with van der Waals surface area (Å²) < 4.78 is 52.3. The molecule has 0 aliphatic carbocycles. The lowest BCUT2D eigenvalue weighted by molar-refractivity contribution is -0.136. The van der Waals surface area contributed by atoms with E-state index in [-0.39, 0.29) is 0 Å². The molecule has 0 saturated carbocycles. The average molecular weight is 252 g/mol. The topological polar surface area (TPSA) is 74.6 Å². The minimum Gasteiger partial charge on any atom is -0.481 e. The van der Waals surface area contributed by atoms with E-state index in [1.807, 2.05) is 0 Å². The van der Waals surface area contributed by atoms with Gasteiger partial charge in [0.05, 0.1) is 6.42 Å². The molecule has 0 saturated heterocycles. The summed E-state index contributed by atoms with van der Waals surface area (Å²) in [7, 11) is 0. The third-order valence-corrected chi connectivity index (χ3v) is 1.90. The Hall–Kier alpha value is -2.12. The first-order chi connectivity index (χ1) is 7.77. The van der Waals surface area contributed by atoms with Gasteiger partial charge in [-0.25, -0.2) is 22.4 Å². The van der Waals surface area contributed by atoms with E-state index in [4.69, 9.17) is 10.2 Å². The number of aliphatic carboxylic acids is 1. The van der Waals surface area contributed by atoms with Crippen LogP contribution < -0.4 is 0 Å². The standard InChI is InChI=1S/C9H4F4O4/c10-5-2(1-3(14)15)6(11)8(13)4(7(5)12)9(16)17/h1H2,(H,14,15)(H,16,17). The van der Waals surface area contributed by atoms with Gasteiger partial charge in [-0.05, 0) is 0 Å². The van der Waals surface area contributed by atoms with Crippen molar-refractivity contribution in [1.82, 2.24) is 0 Å². The summed E-state index contributed by atoms with van der Waals surface area (Å²) in [5, 5.41) is 16.6. The third-order valence-electron chi connectivity index (χ3n) is 1.90. The molecule has 0 aromatic heterocycles. The number of hydrogen-bond acceptors (Lipinski definition) is 2. The summed E-state index contributed by atoms with van der Waals surface area (Å²) in [5.41, 5.74) is -3.16. The summed E-state index contributed by atoms with van der Waals surface area (Å²) in [4.78, 5) is 20.6. The van der Waals surface area contributed by atoms with Crippen LogP contribution in [0.15, 0.2) is 0 Å². The van der Waals surface area contributed by atoms with Gasteiger partial charge in [-0.3, -0.25) is 4.79 Å². The molecule has 0 atom stereocenters. The average Bonchev–Trinajstić information content (AvgIpc) is 2.21. The van der Waals surface area contributed by atoms with Crippen LogP contribution in [0.3, 0.4) is 0 Å². The third kappa shape index (κ3) is 2.19. The Morgan fingerprint density at radius 1 is 0.882 bits per heavy atom. The van der Waals surface area contributed by atoms with E-state index in [0.29, 0.717) is 0 Å². The van der Waals surface area contributed by atoms with Gasteiger partial charge in [-0.15, -0.1) is 0 Å². The zero-order chi connectivity index (χ0) is 13.3. The fourth-order valence-corrected chi connectivity index (χ4v) is 1.17. The molecule has 92 valence electrons. The fourth-order valence-electron chi connectivity index (χ4n) is 1.17. The lowest BCUT2D eigenvalue weighted by Crippen LogP contribution is -2.15. The molecule has 0 fully saturated rings. The molecule has 17 heavy (non-hydrogen) atoms. The van der Waals surface area contributed by atoms with Gasteiger partial charge in [0.25, 0.3) is 0 Å². The number of carbonyl (C=O) groups is 2. The summed E-state index contributed by atoms with van der Waals surface area (Å²) in [6.45, 7) is 0. The lowest BCUT2D eigenvalue weighted by Gasteiger charge is -2.07. The van der Waals surface area contributed by atoms with Gasteiger partial charge in [-0.2, -0.15) is 0 Å². The largest absolute Gasteiger partial charge is 0.481 e. The second-order valence-electron chi connectivity index (χ2n) is 2.99. The maximum Gasteiger partial charge on any atom is 0.341 e. The van der Waals surface area contributed by atoms with Gasteiger partial charge in [0.15, 0.2) is 23.3 Å². The van der Waals surface area contributed by atoms with Crippen molar-refractivity contribution in [2.45, 2.75) is 6.42 Å². The first-order valence-corrected chi connectivity index (χ1v) is 4.07. The van der Waals surface area contributed by atoms with Crippen LogP contribution in [0, 0.1) is 23.3 Å². The number of aromatic carboxylic acids is 1. The SMILES string of the molecule is O=C(O)Cc1c(F)c(F)c(C(=O)O)c(F)c1F. The highest BCUT2D eigenvalue weighted by Gasteiger charge is 2.29. The van der Waals surface area contributed by atoms with Crippen LogP contribution in [-0.4, -0.2) is 22.2 Å². The molecule has 2 N–H and O–H groups in total. The molecule has 0 heterocycles. The number of carboxylic acids is 2. The summed E-state index contributed by atoms with van der Waals surface area (Å²) in [6.07, 6.45) is -1.30. The Kier molecular flexibility index (Phi) is 3.35. The zero-order valence-electron chi connectivity index (χ0n) is 7.93. The number of benzene rings is 1. The minimum absolute atomic E-state index is 1.30. The molecule has 4 nitrogen and oxygen atoms in total. The van der Waals surface area contributed by atoms with Crippen LogP contribution >= 0.6 is 0 Å². The maximum atomic E-state index is 13.1. The van der Waals surface area contributed by atoms with Crippen molar-refractivity contribution in [3.8, 4) is 0 Å². The van der Waals surface area contributed by atoms with E-state index >= 15 is 0 Å². The Morgan fingerprint density at radius 3 is 1.59 bits per heavy atom. The Bertz CT molecular complexity index is 483. The van der Waals surface area contributed by atoms with E-state index < -0.39 is 52.8 Å². The summed E-state index contributed by atoms with van der Waals surface area (Å²) >= 11 is 0. The highest BCUT2D eigenvalue weighted by molar-refractivity contribution is 5.88. The molecule has 1 aromatic rings.